The van der Waals surface area contributed by atoms with Gasteiger partial charge < -0.3 is 4.90 Å². The molecule has 2 heteroatoms. The van der Waals surface area contributed by atoms with Crippen molar-refractivity contribution in [2.75, 3.05) is 11.9 Å². The van der Waals surface area contributed by atoms with Gasteiger partial charge in [-0.2, -0.15) is 0 Å². The summed E-state index contributed by atoms with van der Waals surface area (Å²) in [5.74, 6) is 0. The van der Waals surface area contributed by atoms with Gasteiger partial charge in [0, 0.05) is 13.2 Å². The molecule has 0 saturated carbocycles. The zero-order chi connectivity index (χ0) is 7.40. The predicted molar refractivity (Wildman–Crippen MR) is 42.8 cm³/mol. The quantitative estimate of drug-likeness (QED) is 0.611. The van der Waals surface area contributed by atoms with E-state index in [1.807, 2.05) is 24.1 Å². The minimum Gasteiger partial charge on any atom is -0.350 e. The fourth-order valence-corrected chi connectivity index (χ4v) is 0.668. The standard InChI is InChI=1S/C8H10N2/c1-3-10(2)8-5-4-6-9-7-8/h3-7H,1H2,2H3. The molecule has 1 aromatic heterocycles. The molecule has 0 saturated heterocycles. The minimum atomic E-state index is 1.05. The molecule has 0 aliphatic carbocycles. The van der Waals surface area contributed by atoms with Gasteiger partial charge in [0.05, 0.1) is 11.9 Å². The van der Waals surface area contributed by atoms with E-state index >= 15 is 0 Å². The molecule has 0 spiro atoms. The van der Waals surface area contributed by atoms with Crippen molar-refractivity contribution in [2.45, 2.75) is 0 Å². The summed E-state index contributed by atoms with van der Waals surface area (Å²) in [6.07, 6.45) is 5.29. The molecule has 10 heavy (non-hydrogen) atoms. The molecule has 0 radical (unpaired) electrons. The van der Waals surface area contributed by atoms with Crippen LogP contribution in [0.2, 0.25) is 0 Å². The smallest absolute Gasteiger partial charge is 0.0589 e. The Morgan fingerprint density at radius 1 is 1.70 bits per heavy atom. The van der Waals surface area contributed by atoms with Gasteiger partial charge in [-0.15, -0.1) is 0 Å². The Labute approximate surface area is 60.8 Å². The SMILES string of the molecule is C=CN(C)c1cccnc1. The lowest BCUT2D eigenvalue weighted by atomic mass is 10.4. The van der Waals surface area contributed by atoms with Crippen molar-refractivity contribution in [3.63, 3.8) is 0 Å². The fourth-order valence-electron chi connectivity index (χ4n) is 0.668. The van der Waals surface area contributed by atoms with Gasteiger partial charge in [-0.3, -0.25) is 4.98 Å². The van der Waals surface area contributed by atoms with E-state index < -0.39 is 0 Å². The molecule has 0 unspecified atom stereocenters. The second kappa shape index (κ2) is 3.01. The van der Waals surface area contributed by atoms with E-state index in [1.54, 1.807) is 18.6 Å². The van der Waals surface area contributed by atoms with Crippen LogP contribution in [0.3, 0.4) is 0 Å². The van der Waals surface area contributed by atoms with Crippen LogP contribution in [0.5, 0.6) is 0 Å². The third-order valence-corrected chi connectivity index (χ3v) is 1.33. The Balaban J connectivity index is 2.84. The van der Waals surface area contributed by atoms with E-state index in [4.69, 9.17) is 0 Å². The van der Waals surface area contributed by atoms with Crippen molar-refractivity contribution in [2.24, 2.45) is 0 Å². The molecule has 1 heterocycles. The van der Waals surface area contributed by atoms with Crippen LogP contribution in [0.25, 0.3) is 0 Å². The number of hydrogen-bond donors (Lipinski definition) is 0. The molecule has 0 atom stereocenters. The second-order valence-corrected chi connectivity index (χ2v) is 2.00. The van der Waals surface area contributed by atoms with Gasteiger partial charge in [0.15, 0.2) is 0 Å². The van der Waals surface area contributed by atoms with E-state index in [0.29, 0.717) is 0 Å². The van der Waals surface area contributed by atoms with Crippen molar-refractivity contribution in [1.29, 1.82) is 0 Å². The van der Waals surface area contributed by atoms with E-state index in [9.17, 15) is 0 Å². The van der Waals surface area contributed by atoms with E-state index in [0.717, 1.165) is 5.69 Å². The van der Waals surface area contributed by atoms with Crippen LogP contribution in [-0.2, 0) is 0 Å². The van der Waals surface area contributed by atoms with Crippen LogP contribution in [0.1, 0.15) is 0 Å². The molecule has 0 aromatic carbocycles. The van der Waals surface area contributed by atoms with Gasteiger partial charge in [-0.25, -0.2) is 0 Å². The highest BCUT2D eigenvalue weighted by atomic mass is 15.1. The van der Waals surface area contributed by atoms with Gasteiger partial charge in [0.2, 0.25) is 0 Å². The van der Waals surface area contributed by atoms with Crippen molar-refractivity contribution >= 4 is 5.69 Å². The highest BCUT2D eigenvalue weighted by Crippen LogP contribution is 2.07. The number of anilines is 1. The molecule has 2 nitrogen and oxygen atoms in total. The normalized spacial score (nSPS) is 8.90. The second-order valence-electron chi connectivity index (χ2n) is 2.00. The highest BCUT2D eigenvalue weighted by Gasteiger charge is 1.91. The lowest BCUT2D eigenvalue weighted by molar-refractivity contribution is 1.17. The Kier molecular flexibility index (Phi) is 2.05. The van der Waals surface area contributed by atoms with E-state index in [1.165, 1.54) is 0 Å². The average Bonchev–Trinajstić information content (AvgIpc) is 2.05. The van der Waals surface area contributed by atoms with E-state index in [2.05, 4.69) is 11.6 Å². The Hall–Kier alpha value is -1.31. The van der Waals surface area contributed by atoms with Crippen LogP contribution in [0.4, 0.5) is 5.69 Å². The topological polar surface area (TPSA) is 16.1 Å². The lowest BCUT2D eigenvalue weighted by Gasteiger charge is -2.11. The van der Waals surface area contributed by atoms with Crippen LogP contribution < -0.4 is 4.90 Å². The van der Waals surface area contributed by atoms with Gasteiger partial charge in [0.25, 0.3) is 0 Å². The first-order valence-corrected chi connectivity index (χ1v) is 3.10. The number of rotatable bonds is 2. The Morgan fingerprint density at radius 3 is 3.00 bits per heavy atom. The summed E-state index contributed by atoms with van der Waals surface area (Å²) < 4.78 is 0. The molecule has 0 N–H and O–H groups in total. The summed E-state index contributed by atoms with van der Waals surface area (Å²) in [5.41, 5.74) is 1.05. The van der Waals surface area contributed by atoms with Crippen molar-refractivity contribution in [3.05, 3.63) is 37.3 Å². The van der Waals surface area contributed by atoms with Crippen LogP contribution in [0.15, 0.2) is 37.3 Å². The largest absolute Gasteiger partial charge is 0.350 e. The summed E-state index contributed by atoms with van der Waals surface area (Å²) in [6, 6.07) is 3.88. The molecule has 52 valence electrons. The Bertz CT molecular complexity index is 206. The Morgan fingerprint density at radius 2 is 2.50 bits per heavy atom. The molecule has 1 rings (SSSR count). The summed E-state index contributed by atoms with van der Waals surface area (Å²) in [5, 5.41) is 0. The van der Waals surface area contributed by atoms with Gasteiger partial charge in [-0.1, -0.05) is 6.58 Å². The third-order valence-electron chi connectivity index (χ3n) is 1.33. The van der Waals surface area contributed by atoms with Crippen molar-refractivity contribution < 1.29 is 0 Å². The summed E-state index contributed by atoms with van der Waals surface area (Å²) in [4.78, 5) is 5.87. The summed E-state index contributed by atoms with van der Waals surface area (Å²) in [7, 11) is 1.93. The molecule has 0 amide bonds. The van der Waals surface area contributed by atoms with Gasteiger partial charge in [-0.05, 0) is 18.3 Å². The van der Waals surface area contributed by atoms with E-state index in [-0.39, 0.29) is 0 Å². The van der Waals surface area contributed by atoms with Crippen molar-refractivity contribution in [1.82, 2.24) is 4.98 Å². The number of nitrogens with zero attached hydrogens (tertiary/aromatic N) is 2. The first kappa shape index (κ1) is 6.81. The third kappa shape index (κ3) is 1.35. The zero-order valence-corrected chi connectivity index (χ0v) is 5.99. The molecule has 0 aliphatic rings. The monoisotopic (exact) mass is 134 g/mol. The maximum atomic E-state index is 3.96. The number of pyridine rings is 1. The maximum Gasteiger partial charge on any atom is 0.0589 e. The first-order valence-electron chi connectivity index (χ1n) is 3.10. The lowest BCUT2D eigenvalue weighted by Crippen LogP contribution is -2.06. The predicted octanol–water partition coefficient (Wildman–Crippen LogP) is 1.66. The van der Waals surface area contributed by atoms with Crippen LogP contribution in [0, 0.1) is 0 Å². The number of hydrogen-bond acceptors (Lipinski definition) is 2. The molecule has 0 fully saturated rings. The number of aromatic nitrogens is 1. The molecular formula is C8H10N2. The highest BCUT2D eigenvalue weighted by molar-refractivity contribution is 5.44. The van der Waals surface area contributed by atoms with Crippen LogP contribution in [-0.4, -0.2) is 12.0 Å². The molecule has 0 aliphatic heterocycles. The fraction of sp³-hybridized carbons (Fsp3) is 0.125. The van der Waals surface area contributed by atoms with Crippen molar-refractivity contribution in [3.8, 4) is 0 Å². The molecular weight excluding hydrogens is 124 g/mol. The molecule has 1 aromatic rings. The molecule has 0 bridgehead atoms. The van der Waals surface area contributed by atoms with Crippen LogP contribution >= 0.6 is 0 Å². The first-order chi connectivity index (χ1) is 4.84. The summed E-state index contributed by atoms with van der Waals surface area (Å²) in [6.45, 7) is 3.64. The maximum absolute atomic E-state index is 3.96. The van der Waals surface area contributed by atoms with Gasteiger partial charge in [0.1, 0.15) is 0 Å². The zero-order valence-electron chi connectivity index (χ0n) is 5.99. The average molecular weight is 134 g/mol. The van der Waals surface area contributed by atoms with Gasteiger partial charge >= 0.3 is 0 Å². The minimum absolute atomic E-state index is 1.05. The summed E-state index contributed by atoms with van der Waals surface area (Å²) >= 11 is 0.